The van der Waals surface area contributed by atoms with E-state index in [0.29, 0.717) is 5.69 Å². The van der Waals surface area contributed by atoms with Crippen LogP contribution in [0.5, 0.6) is 0 Å². The summed E-state index contributed by atoms with van der Waals surface area (Å²) in [6.07, 6.45) is 0. The number of hydrogen-bond donors (Lipinski definition) is 2. The molecule has 8 nitrogen and oxygen atoms in total. The van der Waals surface area contributed by atoms with Crippen molar-refractivity contribution in [2.45, 2.75) is 33.6 Å². The number of aryl methyl sites for hydroxylation is 1. The molecule has 0 amide bonds. The molecule has 1 aromatic rings. The fourth-order valence-corrected chi connectivity index (χ4v) is 2.12. The molecule has 8 heteroatoms. The number of aliphatic carboxylic acids is 1. The Bertz CT molecular complexity index is 537. The van der Waals surface area contributed by atoms with Crippen molar-refractivity contribution < 1.29 is 14.8 Å². The van der Waals surface area contributed by atoms with Gasteiger partial charge in [0, 0.05) is 19.5 Å². The summed E-state index contributed by atoms with van der Waals surface area (Å²) in [6.45, 7) is 7.38. The average Bonchev–Trinajstić information content (AvgIpc) is 2.66. The SMILES string of the molecule is CC(C)c1nn(C)c(NCC(C(=O)O)C(C)C)c1[N+](=O)[O-]. The van der Waals surface area contributed by atoms with Gasteiger partial charge in [0.05, 0.1) is 10.8 Å². The van der Waals surface area contributed by atoms with Gasteiger partial charge < -0.3 is 10.4 Å². The molecule has 0 radical (unpaired) electrons. The van der Waals surface area contributed by atoms with Gasteiger partial charge in [-0.1, -0.05) is 27.7 Å². The van der Waals surface area contributed by atoms with Gasteiger partial charge in [-0.25, -0.2) is 4.68 Å². The van der Waals surface area contributed by atoms with E-state index in [9.17, 15) is 14.9 Å². The molecule has 0 aromatic carbocycles. The predicted octanol–water partition coefficient (Wildman–Crippen LogP) is 2.22. The number of rotatable bonds is 7. The number of aromatic nitrogens is 2. The normalized spacial score (nSPS) is 12.7. The van der Waals surface area contributed by atoms with Crippen molar-refractivity contribution in [3.05, 3.63) is 15.8 Å². The van der Waals surface area contributed by atoms with Crippen LogP contribution in [0.25, 0.3) is 0 Å². The van der Waals surface area contributed by atoms with Crippen LogP contribution in [-0.2, 0) is 11.8 Å². The van der Waals surface area contributed by atoms with Gasteiger partial charge in [-0.05, 0) is 5.92 Å². The molecule has 1 atom stereocenters. The molecule has 0 saturated heterocycles. The quantitative estimate of drug-likeness (QED) is 0.590. The minimum absolute atomic E-state index is 0.0770. The zero-order valence-corrected chi connectivity index (χ0v) is 13.0. The Morgan fingerprint density at radius 1 is 1.43 bits per heavy atom. The van der Waals surface area contributed by atoms with Crippen LogP contribution in [0.3, 0.4) is 0 Å². The zero-order valence-electron chi connectivity index (χ0n) is 13.0. The summed E-state index contributed by atoms with van der Waals surface area (Å²) in [6, 6.07) is 0. The van der Waals surface area contributed by atoms with Crippen molar-refractivity contribution in [3.63, 3.8) is 0 Å². The first-order valence-electron chi connectivity index (χ1n) is 6.84. The van der Waals surface area contributed by atoms with Crippen LogP contribution in [-0.4, -0.2) is 32.3 Å². The van der Waals surface area contributed by atoms with Gasteiger partial charge in [0.1, 0.15) is 5.69 Å². The highest BCUT2D eigenvalue weighted by Crippen LogP contribution is 2.33. The van der Waals surface area contributed by atoms with Crippen LogP contribution >= 0.6 is 0 Å². The molecule has 21 heavy (non-hydrogen) atoms. The lowest BCUT2D eigenvalue weighted by atomic mass is 9.96. The van der Waals surface area contributed by atoms with Gasteiger partial charge >= 0.3 is 11.7 Å². The van der Waals surface area contributed by atoms with Crippen molar-refractivity contribution in [2.24, 2.45) is 18.9 Å². The van der Waals surface area contributed by atoms with E-state index in [4.69, 9.17) is 5.11 Å². The summed E-state index contributed by atoms with van der Waals surface area (Å²) in [5.74, 6) is -1.47. The van der Waals surface area contributed by atoms with Gasteiger partial charge in [0.2, 0.25) is 5.82 Å². The van der Waals surface area contributed by atoms with Gasteiger partial charge in [-0.3, -0.25) is 14.9 Å². The van der Waals surface area contributed by atoms with E-state index in [1.165, 1.54) is 4.68 Å². The number of anilines is 1. The van der Waals surface area contributed by atoms with E-state index in [1.807, 2.05) is 13.8 Å². The Morgan fingerprint density at radius 3 is 2.38 bits per heavy atom. The maximum absolute atomic E-state index is 11.3. The maximum atomic E-state index is 11.3. The van der Waals surface area contributed by atoms with Crippen molar-refractivity contribution in [1.29, 1.82) is 0 Å². The lowest BCUT2D eigenvalue weighted by Gasteiger charge is -2.17. The molecular formula is C13H22N4O4. The predicted molar refractivity (Wildman–Crippen MR) is 78.4 cm³/mol. The Balaban J connectivity index is 3.08. The number of carbonyl (C=O) groups is 1. The van der Waals surface area contributed by atoms with Crippen LogP contribution in [0, 0.1) is 22.0 Å². The van der Waals surface area contributed by atoms with Gasteiger partial charge in [0.15, 0.2) is 0 Å². The number of nitro groups is 1. The number of nitrogens with one attached hydrogen (secondary N) is 1. The molecule has 1 rings (SSSR count). The molecule has 1 heterocycles. The minimum atomic E-state index is -0.925. The topological polar surface area (TPSA) is 110 Å². The highest BCUT2D eigenvalue weighted by atomic mass is 16.6. The van der Waals surface area contributed by atoms with E-state index < -0.39 is 16.8 Å². The number of hydrogen-bond acceptors (Lipinski definition) is 5. The summed E-state index contributed by atoms with van der Waals surface area (Å²) < 4.78 is 1.40. The van der Waals surface area contributed by atoms with Crippen molar-refractivity contribution in [1.82, 2.24) is 9.78 Å². The second kappa shape index (κ2) is 6.55. The second-order valence-electron chi connectivity index (χ2n) is 5.69. The molecule has 0 spiro atoms. The average molecular weight is 298 g/mol. The number of carboxylic acid groups (broad SMARTS) is 1. The Morgan fingerprint density at radius 2 is 2.00 bits per heavy atom. The Hall–Kier alpha value is -2.12. The molecule has 0 aliphatic heterocycles. The monoisotopic (exact) mass is 298 g/mol. The lowest BCUT2D eigenvalue weighted by molar-refractivity contribution is -0.384. The van der Waals surface area contributed by atoms with E-state index in [2.05, 4.69) is 10.4 Å². The van der Waals surface area contributed by atoms with Crippen molar-refractivity contribution in [3.8, 4) is 0 Å². The molecule has 0 saturated carbocycles. The third-order valence-corrected chi connectivity index (χ3v) is 3.39. The molecule has 0 aliphatic rings. The largest absolute Gasteiger partial charge is 0.481 e. The van der Waals surface area contributed by atoms with Gasteiger partial charge in [-0.15, -0.1) is 0 Å². The molecule has 0 aliphatic carbocycles. The van der Waals surface area contributed by atoms with Crippen LogP contribution in [0.4, 0.5) is 11.5 Å². The molecule has 0 fully saturated rings. The summed E-state index contributed by atoms with van der Waals surface area (Å²) in [7, 11) is 1.60. The standard InChI is InChI=1S/C13H22N4O4/c1-7(2)9(13(18)19)6-14-12-11(17(20)21)10(8(3)4)15-16(12)5/h7-9,14H,6H2,1-5H3,(H,18,19). The zero-order chi connectivity index (χ0) is 16.3. The molecule has 118 valence electrons. The third-order valence-electron chi connectivity index (χ3n) is 3.39. The molecular weight excluding hydrogens is 276 g/mol. The number of carboxylic acids is 1. The Labute approximate surface area is 123 Å². The third kappa shape index (κ3) is 3.71. The van der Waals surface area contributed by atoms with Gasteiger partial charge in [-0.2, -0.15) is 5.10 Å². The molecule has 1 aromatic heterocycles. The fraction of sp³-hybridized carbons (Fsp3) is 0.692. The van der Waals surface area contributed by atoms with E-state index in [-0.39, 0.29) is 29.9 Å². The summed E-state index contributed by atoms with van der Waals surface area (Å²) in [4.78, 5) is 22.0. The van der Waals surface area contributed by atoms with Crippen molar-refractivity contribution >= 4 is 17.5 Å². The first kappa shape index (κ1) is 16.9. The minimum Gasteiger partial charge on any atom is -0.481 e. The molecule has 1 unspecified atom stereocenters. The fourth-order valence-electron chi connectivity index (χ4n) is 2.12. The Kier molecular flexibility index (Phi) is 5.28. The molecule has 2 N–H and O–H groups in total. The van der Waals surface area contributed by atoms with Crippen LogP contribution in [0.2, 0.25) is 0 Å². The van der Waals surface area contributed by atoms with Crippen LogP contribution < -0.4 is 5.32 Å². The summed E-state index contributed by atoms with van der Waals surface area (Å²) in [5, 5.41) is 27.5. The lowest BCUT2D eigenvalue weighted by Crippen LogP contribution is -2.28. The number of nitrogens with zero attached hydrogens (tertiary/aromatic N) is 3. The van der Waals surface area contributed by atoms with Crippen LogP contribution in [0.1, 0.15) is 39.3 Å². The first-order chi connectivity index (χ1) is 9.66. The highest BCUT2D eigenvalue weighted by molar-refractivity contribution is 5.71. The second-order valence-corrected chi connectivity index (χ2v) is 5.69. The first-order valence-corrected chi connectivity index (χ1v) is 6.84. The maximum Gasteiger partial charge on any atom is 0.334 e. The van der Waals surface area contributed by atoms with Crippen LogP contribution in [0.15, 0.2) is 0 Å². The summed E-state index contributed by atoms with van der Waals surface area (Å²) >= 11 is 0. The van der Waals surface area contributed by atoms with E-state index in [0.717, 1.165) is 0 Å². The van der Waals surface area contributed by atoms with Crippen molar-refractivity contribution in [2.75, 3.05) is 11.9 Å². The molecule has 0 bridgehead atoms. The van der Waals surface area contributed by atoms with E-state index >= 15 is 0 Å². The summed E-state index contributed by atoms with van der Waals surface area (Å²) in [5.41, 5.74) is 0.307. The smallest absolute Gasteiger partial charge is 0.334 e. The van der Waals surface area contributed by atoms with Gasteiger partial charge in [0.25, 0.3) is 0 Å². The van der Waals surface area contributed by atoms with E-state index in [1.54, 1.807) is 20.9 Å². The highest BCUT2D eigenvalue weighted by Gasteiger charge is 2.30.